The number of para-hydroxylation sites is 1. The van der Waals surface area contributed by atoms with Crippen LogP contribution >= 0.6 is 0 Å². The Kier molecular flexibility index (Phi) is 9.31. The molecule has 0 aliphatic carbocycles. The Balaban J connectivity index is 2.02. The number of rotatable bonds is 12. The fourth-order valence-electron chi connectivity index (χ4n) is 3.33. The number of aliphatic hydroxyl groups is 1. The van der Waals surface area contributed by atoms with E-state index in [2.05, 4.69) is 20.9 Å². The third-order valence-corrected chi connectivity index (χ3v) is 5.26. The van der Waals surface area contributed by atoms with E-state index in [1.54, 1.807) is 12.3 Å². The van der Waals surface area contributed by atoms with Crippen molar-refractivity contribution in [2.75, 3.05) is 0 Å². The topological polar surface area (TPSA) is 224 Å². The van der Waals surface area contributed by atoms with E-state index in [0.29, 0.717) is 5.56 Å². The van der Waals surface area contributed by atoms with Crippen LogP contribution in [0.2, 0.25) is 0 Å². The lowest BCUT2D eigenvalue weighted by atomic mass is 10.0. The van der Waals surface area contributed by atoms with Gasteiger partial charge in [-0.3, -0.25) is 19.2 Å². The highest BCUT2D eigenvalue weighted by atomic mass is 16.4. The van der Waals surface area contributed by atoms with Crippen molar-refractivity contribution >= 4 is 40.6 Å². The summed E-state index contributed by atoms with van der Waals surface area (Å²) in [7, 11) is 0. The molecule has 0 bridgehead atoms. The van der Waals surface area contributed by atoms with Crippen molar-refractivity contribution in [1.29, 1.82) is 0 Å². The van der Waals surface area contributed by atoms with Gasteiger partial charge in [0.25, 0.3) is 0 Å². The number of aliphatic carboxylic acids is 2. The normalized spacial score (nSPS) is 15.3. The van der Waals surface area contributed by atoms with Crippen LogP contribution in [0.1, 0.15) is 25.8 Å². The van der Waals surface area contributed by atoms with Crippen LogP contribution in [0.5, 0.6) is 0 Å². The highest BCUT2D eigenvalue weighted by molar-refractivity contribution is 5.95. The van der Waals surface area contributed by atoms with Gasteiger partial charge in [-0.15, -0.1) is 0 Å². The van der Waals surface area contributed by atoms with Crippen molar-refractivity contribution in [3.63, 3.8) is 0 Å². The summed E-state index contributed by atoms with van der Waals surface area (Å²) >= 11 is 0. The van der Waals surface area contributed by atoms with Gasteiger partial charge in [-0.2, -0.15) is 0 Å². The Labute approximate surface area is 200 Å². The number of amides is 3. The third-order valence-electron chi connectivity index (χ3n) is 5.26. The summed E-state index contributed by atoms with van der Waals surface area (Å²) < 4.78 is 0. The largest absolute Gasteiger partial charge is 0.481 e. The SMILES string of the molecule is CC(NC(=O)C(NC(=O)C(N)CC(=O)O)C(C)O)C(=O)NC(Cc1c[nH]c2ccccc12)C(=O)O. The van der Waals surface area contributed by atoms with Gasteiger partial charge in [0.15, 0.2) is 0 Å². The molecule has 0 spiro atoms. The Bertz CT molecular complexity index is 1100. The van der Waals surface area contributed by atoms with E-state index in [0.717, 1.165) is 10.9 Å². The molecule has 35 heavy (non-hydrogen) atoms. The number of nitrogens with one attached hydrogen (secondary N) is 4. The molecule has 3 amide bonds. The molecule has 0 fully saturated rings. The molecule has 13 heteroatoms. The maximum Gasteiger partial charge on any atom is 0.326 e. The number of aromatic nitrogens is 1. The molecule has 0 radical (unpaired) electrons. The zero-order chi connectivity index (χ0) is 26.3. The van der Waals surface area contributed by atoms with E-state index in [-0.39, 0.29) is 6.42 Å². The molecule has 0 saturated heterocycles. The summed E-state index contributed by atoms with van der Waals surface area (Å²) in [5.41, 5.74) is 6.95. The number of carboxylic acids is 2. The molecule has 13 nitrogen and oxygen atoms in total. The summed E-state index contributed by atoms with van der Waals surface area (Å²) in [6.45, 7) is 2.51. The number of aromatic amines is 1. The monoisotopic (exact) mass is 491 g/mol. The molecule has 9 N–H and O–H groups in total. The van der Waals surface area contributed by atoms with Crippen molar-refractivity contribution in [2.24, 2.45) is 5.73 Å². The van der Waals surface area contributed by atoms with Crippen LogP contribution in [0, 0.1) is 0 Å². The quantitative estimate of drug-likeness (QED) is 0.172. The van der Waals surface area contributed by atoms with Gasteiger partial charge in [0.1, 0.15) is 18.1 Å². The van der Waals surface area contributed by atoms with Crippen LogP contribution in [-0.2, 0) is 30.4 Å². The van der Waals surface area contributed by atoms with Crippen molar-refractivity contribution in [3.8, 4) is 0 Å². The minimum Gasteiger partial charge on any atom is -0.481 e. The fraction of sp³-hybridized carbons (Fsp3) is 0.409. The van der Waals surface area contributed by atoms with E-state index >= 15 is 0 Å². The number of carbonyl (C=O) groups excluding carboxylic acids is 3. The summed E-state index contributed by atoms with van der Waals surface area (Å²) in [5.74, 6) is -5.32. The second-order valence-electron chi connectivity index (χ2n) is 8.12. The standard InChI is InChI=1S/C22H29N5O8/c1-10(25-21(33)18(11(2)28)27-20(32)14(23)8-17(29)30)19(31)26-16(22(34)35)7-12-9-24-15-6-4-3-5-13(12)15/h3-6,9-11,14,16,18,24,28H,7-8,23H2,1-2H3,(H,25,33)(H,26,31)(H,27,32)(H,29,30)(H,34,35). The first-order valence-corrected chi connectivity index (χ1v) is 10.7. The van der Waals surface area contributed by atoms with E-state index < -0.39 is 66.4 Å². The Morgan fingerprint density at radius 3 is 2.23 bits per heavy atom. The Morgan fingerprint density at radius 2 is 1.63 bits per heavy atom. The number of carboxylic acid groups (broad SMARTS) is 2. The number of hydrogen-bond donors (Lipinski definition) is 8. The lowest BCUT2D eigenvalue weighted by molar-refractivity contribution is -0.142. The first-order chi connectivity index (χ1) is 16.4. The van der Waals surface area contributed by atoms with E-state index in [1.165, 1.54) is 13.8 Å². The molecule has 0 aliphatic heterocycles. The molecule has 1 heterocycles. The third kappa shape index (κ3) is 7.52. The molecular formula is C22H29N5O8. The lowest BCUT2D eigenvalue weighted by Gasteiger charge is -2.24. The van der Waals surface area contributed by atoms with Gasteiger partial charge in [0, 0.05) is 23.5 Å². The smallest absolute Gasteiger partial charge is 0.326 e. The molecule has 5 unspecified atom stereocenters. The number of fused-ring (bicyclic) bond motifs is 1. The predicted molar refractivity (Wildman–Crippen MR) is 123 cm³/mol. The number of nitrogens with two attached hydrogens (primary N) is 1. The van der Waals surface area contributed by atoms with Crippen LogP contribution in [0.25, 0.3) is 10.9 Å². The Hall–Kier alpha value is -3.97. The second kappa shape index (κ2) is 11.9. The molecule has 0 aliphatic rings. The summed E-state index contributed by atoms with van der Waals surface area (Å²) in [4.78, 5) is 62.7. The highest BCUT2D eigenvalue weighted by Gasteiger charge is 2.31. The second-order valence-corrected chi connectivity index (χ2v) is 8.12. The summed E-state index contributed by atoms with van der Waals surface area (Å²) in [6, 6.07) is 1.78. The zero-order valence-corrected chi connectivity index (χ0v) is 19.1. The van der Waals surface area contributed by atoms with Gasteiger partial charge >= 0.3 is 11.9 Å². The molecule has 5 atom stereocenters. The summed E-state index contributed by atoms with van der Waals surface area (Å²) in [6.07, 6.45) is -0.450. The minimum absolute atomic E-state index is 0.0143. The van der Waals surface area contributed by atoms with E-state index in [1.807, 2.05) is 18.2 Å². The van der Waals surface area contributed by atoms with Crippen molar-refractivity contribution in [1.82, 2.24) is 20.9 Å². The van der Waals surface area contributed by atoms with Crippen molar-refractivity contribution in [3.05, 3.63) is 36.0 Å². The van der Waals surface area contributed by atoms with E-state index in [9.17, 15) is 34.2 Å². The van der Waals surface area contributed by atoms with Crippen LogP contribution in [0.4, 0.5) is 0 Å². The zero-order valence-electron chi connectivity index (χ0n) is 19.1. The molecule has 2 rings (SSSR count). The van der Waals surface area contributed by atoms with Crippen molar-refractivity contribution < 1.29 is 39.3 Å². The van der Waals surface area contributed by atoms with Crippen LogP contribution in [-0.4, -0.2) is 80.2 Å². The van der Waals surface area contributed by atoms with Crippen LogP contribution < -0.4 is 21.7 Å². The molecule has 190 valence electrons. The number of aliphatic hydroxyl groups excluding tert-OH is 1. The highest BCUT2D eigenvalue weighted by Crippen LogP contribution is 2.19. The number of H-pyrrole nitrogens is 1. The van der Waals surface area contributed by atoms with Gasteiger partial charge in [0.05, 0.1) is 18.6 Å². The van der Waals surface area contributed by atoms with Gasteiger partial charge in [-0.25, -0.2) is 4.79 Å². The molecular weight excluding hydrogens is 462 g/mol. The number of benzene rings is 1. The predicted octanol–water partition coefficient (Wildman–Crippen LogP) is -1.55. The minimum atomic E-state index is -1.53. The average Bonchev–Trinajstić information content (AvgIpc) is 3.18. The van der Waals surface area contributed by atoms with E-state index in [4.69, 9.17) is 10.8 Å². The molecule has 1 aromatic carbocycles. The van der Waals surface area contributed by atoms with Crippen LogP contribution in [0.15, 0.2) is 30.5 Å². The molecule has 2 aromatic rings. The van der Waals surface area contributed by atoms with Gasteiger partial charge in [0.2, 0.25) is 17.7 Å². The summed E-state index contributed by atoms with van der Waals surface area (Å²) in [5, 5.41) is 35.8. The molecule has 1 aromatic heterocycles. The molecule has 0 saturated carbocycles. The number of carbonyl (C=O) groups is 5. The first kappa shape index (κ1) is 27.3. The van der Waals surface area contributed by atoms with Gasteiger partial charge < -0.3 is 42.0 Å². The maximum absolute atomic E-state index is 12.6. The average molecular weight is 492 g/mol. The fourth-order valence-corrected chi connectivity index (χ4v) is 3.33. The van der Waals surface area contributed by atoms with Gasteiger partial charge in [-0.1, -0.05) is 18.2 Å². The number of hydrogen-bond acceptors (Lipinski definition) is 7. The van der Waals surface area contributed by atoms with Gasteiger partial charge in [-0.05, 0) is 25.5 Å². The Morgan fingerprint density at radius 1 is 0.971 bits per heavy atom. The first-order valence-electron chi connectivity index (χ1n) is 10.7. The lowest BCUT2D eigenvalue weighted by Crippen LogP contribution is -2.59. The van der Waals surface area contributed by atoms with Crippen LogP contribution in [0.3, 0.4) is 0 Å². The van der Waals surface area contributed by atoms with Crippen molar-refractivity contribution in [2.45, 2.75) is 57.0 Å². The maximum atomic E-state index is 12.6.